The Kier molecular flexibility index (Phi) is 9.87. The third kappa shape index (κ3) is 7.16. The molecule has 2 aliphatic carbocycles. The van der Waals surface area contributed by atoms with Gasteiger partial charge in [-0.3, -0.25) is 9.59 Å². The molecule has 11 heteroatoms. The van der Waals surface area contributed by atoms with Gasteiger partial charge in [0.1, 0.15) is 12.4 Å². The standard InChI is InChI=1S/C38H47ClN2O7S/c1-24-5-3-7-35(47-21-31(42)15-26-19-46-20-26)32-11-8-29(32)18-41-22-38(14-4-6-27-16-30(39)10-12-33(27)38)23-48-36-13-9-28(17-34(36)41)37(43)40-49(44,45)25(24)2/h3,7,9-10,12-13,16-17,24-26,29,32,35H,4-6,8,11,14-15,18-23H2,1-2H3,(H,40,43)/b7-3+/t24-,25+,29-,32+,35-,38-/m0/s1. The van der Waals surface area contributed by atoms with E-state index in [0.717, 1.165) is 42.8 Å². The number of hydrogen-bond donors (Lipinski definition) is 1. The fourth-order valence-electron chi connectivity index (χ4n) is 8.29. The van der Waals surface area contributed by atoms with Crippen molar-refractivity contribution in [2.45, 2.75) is 75.6 Å². The molecule has 3 heterocycles. The summed E-state index contributed by atoms with van der Waals surface area (Å²) in [6.07, 6.45) is 9.63. The molecule has 0 unspecified atom stereocenters. The molecule has 2 fully saturated rings. The number of nitrogens with zero attached hydrogens (tertiary/aromatic N) is 1. The van der Waals surface area contributed by atoms with Crippen LogP contribution in [0.25, 0.3) is 0 Å². The molecule has 49 heavy (non-hydrogen) atoms. The number of hydrogen-bond acceptors (Lipinski definition) is 8. The molecular formula is C38H47ClN2O7S. The van der Waals surface area contributed by atoms with E-state index >= 15 is 0 Å². The molecule has 1 N–H and O–H groups in total. The number of allylic oxidation sites excluding steroid dienone is 1. The molecule has 0 radical (unpaired) electrons. The second kappa shape index (κ2) is 14.0. The Balaban J connectivity index is 1.24. The summed E-state index contributed by atoms with van der Waals surface area (Å²) in [5.41, 5.74) is 3.26. The second-order valence-corrected chi connectivity index (χ2v) is 17.5. The molecule has 5 aliphatic rings. The Morgan fingerprint density at radius 1 is 1.14 bits per heavy atom. The first-order valence-corrected chi connectivity index (χ1v) is 19.7. The number of fused-ring (bicyclic) bond motifs is 4. The van der Waals surface area contributed by atoms with Crippen molar-refractivity contribution in [2.24, 2.45) is 23.7 Å². The average molecular weight is 711 g/mol. The minimum absolute atomic E-state index is 0.0489. The Labute approximate surface area is 294 Å². The summed E-state index contributed by atoms with van der Waals surface area (Å²) in [5, 5.41) is -0.0830. The summed E-state index contributed by atoms with van der Waals surface area (Å²) < 4.78 is 47.4. The molecule has 3 aliphatic heterocycles. The lowest BCUT2D eigenvalue weighted by Gasteiger charge is -2.46. The average Bonchev–Trinajstić information content (AvgIpc) is 3.19. The Bertz CT molecular complexity index is 1730. The van der Waals surface area contributed by atoms with Crippen LogP contribution in [0.5, 0.6) is 5.75 Å². The van der Waals surface area contributed by atoms with Crippen molar-refractivity contribution in [3.8, 4) is 5.75 Å². The van der Waals surface area contributed by atoms with Crippen LogP contribution in [0.1, 0.15) is 73.9 Å². The molecule has 2 aromatic rings. The Morgan fingerprint density at radius 3 is 2.73 bits per heavy atom. The molecule has 1 spiro atoms. The number of aryl methyl sites for hydroxylation is 1. The van der Waals surface area contributed by atoms with Crippen LogP contribution in [0.3, 0.4) is 0 Å². The van der Waals surface area contributed by atoms with Crippen LogP contribution in [0.4, 0.5) is 5.69 Å². The minimum atomic E-state index is -3.96. The molecule has 1 saturated carbocycles. The Morgan fingerprint density at radius 2 is 1.98 bits per heavy atom. The highest BCUT2D eigenvalue weighted by Crippen LogP contribution is 2.47. The first-order chi connectivity index (χ1) is 23.5. The summed E-state index contributed by atoms with van der Waals surface area (Å²) in [5.74, 6) is 0.596. The van der Waals surface area contributed by atoms with Crippen molar-refractivity contribution in [3.63, 3.8) is 0 Å². The van der Waals surface area contributed by atoms with E-state index in [1.54, 1.807) is 25.1 Å². The molecule has 6 atom stereocenters. The molecular weight excluding hydrogens is 664 g/mol. The molecule has 9 nitrogen and oxygen atoms in total. The third-order valence-electron chi connectivity index (χ3n) is 11.7. The van der Waals surface area contributed by atoms with Gasteiger partial charge in [-0.1, -0.05) is 36.7 Å². The highest BCUT2D eigenvalue weighted by molar-refractivity contribution is 7.90. The predicted molar refractivity (Wildman–Crippen MR) is 189 cm³/mol. The first kappa shape index (κ1) is 34.5. The van der Waals surface area contributed by atoms with Gasteiger partial charge in [0.25, 0.3) is 5.91 Å². The molecule has 1 amide bonds. The van der Waals surface area contributed by atoms with Gasteiger partial charge in [-0.05, 0) is 105 Å². The van der Waals surface area contributed by atoms with Gasteiger partial charge in [0.2, 0.25) is 10.0 Å². The fraction of sp³-hybridized carbons (Fsp3) is 0.579. The number of carbonyl (C=O) groups is 2. The number of anilines is 1. The van der Waals surface area contributed by atoms with Crippen molar-refractivity contribution >= 4 is 39.0 Å². The number of ether oxygens (including phenoxy) is 3. The lowest BCUT2D eigenvalue weighted by molar-refractivity contribution is -0.132. The van der Waals surface area contributed by atoms with E-state index < -0.39 is 21.2 Å². The van der Waals surface area contributed by atoms with Gasteiger partial charge >= 0.3 is 0 Å². The Hall–Kier alpha value is -2.92. The number of Topliss-reactive ketones (excluding diaryl/α,β-unsaturated/α-hetero) is 1. The van der Waals surface area contributed by atoms with Gasteiger partial charge in [-0.2, -0.15) is 0 Å². The number of sulfonamides is 1. The molecule has 1 saturated heterocycles. The smallest absolute Gasteiger partial charge is 0.264 e. The largest absolute Gasteiger partial charge is 0.490 e. The van der Waals surface area contributed by atoms with Gasteiger partial charge in [0.05, 0.1) is 36.9 Å². The number of ketones is 1. The molecule has 2 bridgehead atoms. The zero-order valence-electron chi connectivity index (χ0n) is 28.4. The van der Waals surface area contributed by atoms with Crippen LogP contribution in [-0.2, 0) is 36.1 Å². The monoisotopic (exact) mass is 710 g/mol. The van der Waals surface area contributed by atoms with Gasteiger partial charge < -0.3 is 19.1 Å². The van der Waals surface area contributed by atoms with Crippen molar-refractivity contribution in [1.82, 2.24) is 4.72 Å². The van der Waals surface area contributed by atoms with Crippen molar-refractivity contribution in [3.05, 3.63) is 70.3 Å². The van der Waals surface area contributed by atoms with Crippen LogP contribution in [0.2, 0.25) is 5.02 Å². The van der Waals surface area contributed by atoms with E-state index in [-0.39, 0.29) is 53.1 Å². The first-order valence-electron chi connectivity index (χ1n) is 17.8. The van der Waals surface area contributed by atoms with E-state index in [9.17, 15) is 18.0 Å². The van der Waals surface area contributed by atoms with Crippen LogP contribution < -0.4 is 14.4 Å². The highest BCUT2D eigenvalue weighted by atomic mass is 35.5. The van der Waals surface area contributed by atoms with E-state index in [4.69, 9.17) is 25.8 Å². The quantitative estimate of drug-likeness (QED) is 0.384. The zero-order chi connectivity index (χ0) is 34.3. The van der Waals surface area contributed by atoms with E-state index in [0.29, 0.717) is 51.5 Å². The minimum Gasteiger partial charge on any atom is -0.490 e. The van der Waals surface area contributed by atoms with Crippen molar-refractivity contribution in [1.29, 1.82) is 0 Å². The number of rotatable bonds is 5. The van der Waals surface area contributed by atoms with Crippen molar-refractivity contribution < 1.29 is 32.2 Å². The molecule has 264 valence electrons. The van der Waals surface area contributed by atoms with Gasteiger partial charge in [0, 0.05) is 41.4 Å². The summed E-state index contributed by atoms with van der Waals surface area (Å²) in [4.78, 5) is 28.7. The van der Waals surface area contributed by atoms with Crippen LogP contribution in [0.15, 0.2) is 48.6 Å². The van der Waals surface area contributed by atoms with E-state index in [1.165, 1.54) is 11.1 Å². The van der Waals surface area contributed by atoms with Gasteiger partial charge in [0.15, 0.2) is 5.78 Å². The topological polar surface area (TPSA) is 111 Å². The van der Waals surface area contributed by atoms with Gasteiger partial charge in [-0.25, -0.2) is 13.1 Å². The maximum atomic E-state index is 13.5. The summed E-state index contributed by atoms with van der Waals surface area (Å²) in [6, 6.07) is 11.4. The maximum absolute atomic E-state index is 13.5. The number of carbonyl (C=O) groups excluding carboxylic acids is 2. The second-order valence-electron chi connectivity index (χ2n) is 15.0. The van der Waals surface area contributed by atoms with Crippen molar-refractivity contribution in [2.75, 3.05) is 44.4 Å². The van der Waals surface area contributed by atoms with E-state index in [1.807, 2.05) is 25.1 Å². The van der Waals surface area contributed by atoms with Crippen LogP contribution in [-0.4, -0.2) is 71.0 Å². The normalized spacial score (nSPS) is 31.9. The lowest BCUT2D eigenvalue weighted by atomic mass is 9.68. The number of halogens is 1. The number of nitrogens with one attached hydrogen (secondary N) is 1. The van der Waals surface area contributed by atoms with E-state index in [2.05, 4.69) is 21.8 Å². The summed E-state index contributed by atoms with van der Waals surface area (Å²) in [6.45, 7) is 6.69. The SMILES string of the molecule is C[C@@H]1[C@@H](C)C/C=C/[C@H](OCC(=O)CC2COC2)[C@@H]2CC[C@H]2CN2C[C@@]3(CCCc4cc(Cl)ccc43)COc3ccc(cc32)C(=O)NS1(=O)=O. The van der Waals surface area contributed by atoms with Crippen LogP contribution in [0, 0.1) is 23.7 Å². The molecule has 2 aromatic carbocycles. The lowest BCUT2D eigenvalue weighted by Crippen LogP contribution is -2.50. The van der Waals surface area contributed by atoms with Crippen LogP contribution >= 0.6 is 11.6 Å². The third-order valence-corrected chi connectivity index (χ3v) is 13.8. The predicted octanol–water partition coefficient (Wildman–Crippen LogP) is 5.87. The summed E-state index contributed by atoms with van der Waals surface area (Å²) >= 11 is 6.44. The maximum Gasteiger partial charge on any atom is 0.264 e. The number of amides is 1. The molecule has 0 aromatic heterocycles. The highest BCUT2D eigenvalue weighted by Gasteiger charge is 2.45. The number of benzene rings is 2. The molecule has 7 rings (SSSR count). The zero-order valence-corrected chi connectivity index (χ0v) is 29.9. The summed E-state index contributed by atoms with van der Waals surface area (Å²) in [7, 11) is -3.96. The fourth-order valence-corrected chi connectivity index (χ4v) is 9.77. The van der Waals surface area contributed by atoms with Gasteiger partial charge in [-0.15, -0.1) is 0 Å².